The fourth-order valence-corrected chi connectivity index (χ4v) is 7.35. The second-order valence-corrected chi connectivity index (χ2v) is 9.15. The average molecular weight is 302 g/mol. The molecule has 1 saturated heterocycles. The number of hydrogen-bond acceptors (Lipinski definition) is 3. The summed E-state index contributed by atoms with van der Waals surface area (Å²) in [5.74, 6) is 2.01. The fourth-order valence-electron chi connectivity index (χ4n) is 7.35. The highest BCUT2D eigenvalue weighted by molar-refractivity contribution is 5.90. The number of Topliss-reactive ketones (excluding diaryl/α,β-unsaturated/α-hetero) is 2. The van der Waals surface area contributed by atoms with Gasteiger partial charge in [-0.15, -0.1) is 0 Å². The first-order chi connectivity index (χ1) is 10.4. The quantitative estimate of drug-likeness (QED) is 0.644. The van der Waals surface area contributed by atoms with Gasteiger partial charge >= 0.3 is 0 Å². The van der Waals surface area contributed by atoms with E-state index in [9.17, 15) is 9.59 Å². The summed E-state index contributed by atoms with van der Waals surface area (Å²) in [6.07, 6.45) is 8.53. The molecule has 0 radical (unpaired) electrons. The van der Waals surface area contributed by atoms with Crippen LogP contribution in [-0.2, 0) is 14.3 Å². The SMILES string of the molecule is C[C@@]12CCC(=O)C[C@@H]1CC[C@]13O[C@]14CCC(=O)[C@]4(C)CC[C@H]23. The van der Waals surface area contributed by atoms with E-state index < -0.39 is 0 Å². The summed E-state index contributed by atoms with van der Waals surface area (Å²) < 4.78 is 6.59. The van der Waals surface area contributed by atoms with Crippen molar-refractivity contribution in [3.63, 3.8) is 0 Å². The third-order valence-corrected chi connectivity index (χ3v) is 8.71. The Morgan fingerprint density at radius 3 is 2.64 bits per heavy atom. The van der Waals surface area contributed by atoms with E-state index in [1.165, 1.54) is 0 Å². The van der Waals surface area contributed by atoms with E-state index in [0.717, 1.165) is 51.4 Å². The first-order valence-electron chi connectivity index (χ1n) is 9.13. The lowest BCUT2D eigenvalue weighted by atomic mass is 9.45. The van der Waals surface area contributed by atoms with E-state index >= 15 is 0 Å². The highest BCUT2D eigenvalue weighted by Gasteiger charge is 2.86. The zero-order chi connectivity index (χ0) is 15.4. The first-order valence-corrected chi connectivity index (χ1v) is 9.13. The lowest BCUT2D eigenvalue weighted by molar-refractivity contribution is -0.134. The molecule has 0 amide bonds. The number of carbonyl (C=O) groups is 2. The van der Waals surface area contributed by atoms with Gasteiger partial charge in [0.2, 0.25) is 0 Å². The minimum atomic E-state index is -0.225. The van der Waals surface area contributed by atoms with Crippen LogP contribution >= 0.6 is 0 Å². The maximum Gasteiger partial charge on any atom is 0.141 e. The smallest absolute Gasteiger partial charge is 0.141 e. The number of ketones is 2. The molecule has 5 fully saturated rings. The fraction of sp³-hybridized carbons (Fsp3) is 0.895. The van der Waals surface area contributed by atoms with Gasteiger partial charge in [0.05, 0.1) is 5.41 Å². The van der Waals surface area contributed by atoms with Gasteiger partial charge in [0.25, 0.3) is 0 Å². The predicted octanol–water partition coefficient (Wildman–Crippen LogP) is 3.44. The molecule has 4 aliphatic carbocycles. The summed E-state index contributed by atoms with van der Waals surface area (Å²) in [6.45, 7) is 4.59. The lowest BCUT2D eigenvalue weighted by Crippen LogP contribution is -2.58. The number of ether oxygens (including phenoxy) is 1. The Labute approximate surface area is 132 Å². The minimum Gasteiger partial charge on any atom is -0.361 e. The summed E-state index contributed by atoms with van der Waals surface area (Å²) >= 11 is 0. The third-order valence-electron chi connectivity index (χ3n) is 8.71. The lowest BCUT2D eigenvalue weighted by Gasteiger charge is -2.56. The molecule has 5 aliphatic rings. The molecular weight excluding hydrogens is 276 g/mol. The Bertz CT molecular complexity index is 597. The Morgan fingerprint density at radius 1 is 1.00 bits per heavy atom. The van der Waals surface area contributed by atoms with Crippen LogP contribution in [0.2, 0.25) is 0 Å². The highest BCUT2D eigenvalue weighted by atomic mass is 16.6. The average Bonchev–Trinajstić information content (AvgIpc) is 3.09. The van der Waals surface area contributed by atoms with Crippen LogP contribution in [0.15, 0.2) is 0 Å². The third kappa shape index (κ3) is 1.20. The van der Waals surface area contributed by atoms with Gasteiger partial charge in [-0.05, 0) is 62.7 Å². The van der Waals surface area contributed by atoms with E-state index in [1.54, 1.807) is 0 Å². The van der Waals surface area contributed by atoms with Crippen molar-refractivity contribution in [1.82, 2.24) is 0 Å². The zero-order valence-electron chi connectivity index (χ0n) is 13.7. The van der Waals surface area contributed by atoms with Gasteiger partial charge in [-0.3, -0.25) is 9.59 Å². The van der Waals surface area contributed by atoms with Gasteiger partial charge in [0.15, 0.2) is 0 Å². The van der Waals surface area contributed by atoms with Crippen LogP contribution < -0.4 is 0 Å². The number of rotatable bonds is 0. The number of carbonyl (C=O) groups excluding carboxylic acids is 2. The molecule has 3 heteroatoms. The van der Waals surface area contributed by atoms with E-state index in [4.69, 9.17) is 4.74 Å². The van der Waals surface area contributed by atoms with Crippen molar-refractivity contribution in [1.29, 1.82) is 0 Å². The zero-order valence-corrected chi connectivity index (χ0v) is 13.7. The standard InChI is InChI=1S/C19H26O3/c1-16-7-4-13(20)11-12(16)3-9-18-14(16)5-8-17(2)15(21)6-10-19(17,18)22-18/h12,14H,3-11H2,1-2H3/t12-,14+,16+,17-,18+,19-/m0/s1. The van der Waals surface area contributed by atoms with Gasteiger partial charge in [-0.1, -0.05) is 6.92 Å². The van der Waals surface area contributed by atoms with Gasteiger partial charge in [0, 0.05) is 19.3 Å². The van der Waals surface area contributed by atoms with Crippen LogP contribution in [0.4, 0.5) is 0 Å². The number of fused-ring (bicyclic) bond motifs is 2. The van der Waals surface area contributed by atoms with Crippen molar-refractivity contribution in [2.75, 3.05) is 0 Å². The molecule has 2 spiro atoms. The summed E-state index contributed by atoms with van der Waals surface area (Å²) in [5, 5.41) is 0. The minimum absolute atomic E-state index is 0.0300. The van der Waals surface area contributed by atoms with Crippen molar-refractivity contribution in [2.24, 2.45) is 22.7 Å². The van der Waals surface area contributed by atoms with Crippen LogP contribution in [0.3, 0.4) is 0 Å². The second-order valence-electron chi connectivity index (χ2n) is 9.15. The molecule has 0 unspecified atom stereocenters. The van der Waals surface area contributed by atoms with Crippen LogP contribution in [0.5, 0.6) is 0 Å². The molecule has 0 aromatic heterocycles. The molecule has 0 aromatic rings. The van der Waals surface area contributed by atoms with Crippen molar-refractivity contribution in [2.45, 2.75) is 82.8 Å². The Morgan fingerprint density at radius 2 is 1.82 bits per heavy atom. The molecule has 4 saturated carbocycles. The first kappa shape index (κ1) is 13.7. The van der Waals surface area contributed by atoms with Crippen molar-refractivity contribution < 1.29 is 14.3 Å². The van der Waals surface area contributed by atoms with Gasteiger partial charge in [-0.2, -0.15) is 0 Å². The Hall–Kier alpha value is -0.700. The van der Waals surface area contributed by atoms with Crippen LogP contribution in [0, 0.1) is 22.7 Å². The molecule has 0 bridgehead atoms. The molecular formula is C19H26O3. The summed E-state index contributed by atoms with van der Waals surface area (Å²) in [7, 11) is 0. The Kier molecular flexibility index (Phi) is 2.30. The molecule has 6 atom stereocenters. The van der Waals surface area contributed by atoms with Crippen LogP contribution in [0.25, 0.3) is 0 Å². The van der Waals surface area contributed by atoms with E-state index in [0.29, 0.717) is 29.8 Å². The largest absolute Gasteiger partial charge is 0.361 e. The molecule has 1 aliphatic heterocycles. The topological polar surface area (TPSA) is 46.7 Å². The molecule has 3 nitrogen and oxygen atoms in total. The monoisotopic (exact) mass is 302 g/mol. The van der Waals surface area contributed by atoms with Crippen LogP contribution in [-0.4, -0.2) is 22.8 Å². The highest BCUT2D eigenvalue weighted by Crippen LogP contribution is 2.79. The summed E-state index contributed by atoms with van der Waals surface area (Å²) in [6, 6.07) is 0. The molecule has 5 rings (SSSR count). The Balaban J connectivity index is 1.57. The number of epoxide rings is 1. The second kappa shape index (κ2) is 3.68. The van der Waals surface area contributed by atoms with E-state index in [-0.39, 0.29) is 22.0 Å². The summed E-state index contributed by atoms with van der Waals surface area (Å²) in [5.41, 5.74) is -0.146. The van der Waals surface area contributed by atoms with E-state index in [2.05, 4.69) is 13.8 Å². The van der Waals surface area contributed by atoms with Gasteiger partial charge in [0.1, 0.15) is 22.8 Å². The van der Waals surface area contributed by atoms with Gasteiger partial charge in [-0.25, -0.2) is 0 Å². The van der Waals surface area contributed by atoms with Crippen molar-refractivity contribution in [3.05, 3.63) is 0 Å². The summed E-state index contributed by atoms with van der Waals surface area (Å²) in [4.78, 5) is 24.4. The number of hydrogen-bond donors (Lipinski definition) is 0. The molecule has 0 aromatic carbocycles. The van der Waals surface area contributed by atoms with E-state index in [1.807, 2.05) is 0 Å². The van der Waals surface area contributed by atoms with Gasteiger partial charge < -0.3 is 4.74 Å². The maximum atomic E-state index is 12.5. The predicted molar refractivity (Wildman–Crippen MR) is 81.3 cm³/mol. The molecule has 1 heterocycles. The van der Waals surface area contributed by atoms with Crippen molar-refractivity contribution >= 4 is 11.6 Å². The molecule has 0 N–H and O–H groups in total. The van der Waals surface area contributed by atoms with Crippen molar-refractivity contribution in [3.8, 4) is 0 Å². The normalized spacial score (nSPS) is 59.4. The maximum absolute atomic E-state index is 12.5. The molecule has 120 valence electrons. The molecule has 22 heavy (non-hydrogen) atoms. The van der Waals surface area contributed by atoms with Crippen LogP contribution in [0.1, 0.15) is 71.6 Å².